The van der Waals surface area contributed by atoms with E-state index in [0.717, 1.165) is 18.8 Å². The van der Waals surface area contributed by atoms with Crippen molar-refractivity contribution >= 4 is 11.4 Å². The summed E-state index contributed by atoms with van der Waals surface area (Å²) in [4.78, 5) is 12.4. The molecule has 1 aliphatic heterocycles. The third kappa shape index (κ3) is 1.55. The maximum Gasteiger partial charge on any atom is 0.149 e. The van der Waals surface area contributed by atoms with Crippen LogP contribution >= 0.6 is 0 Å². The molecule has 0 spiro atoms. The van der Waals surface area contributed by atoms with Crippen molar-refractivity contribution in [1.82, 2.24) is 0 Å². The molecule has 0 radical (unpaired) electrons. The Bertz CT molecular complexity index is 346. The maximum atomic E-state index is 10.2. The fourth-order valence-electron chi connectivity index (χ4n) is 1.76. The highest BCUT2D eigenvalue weighted by atomic mass is 16.3. The molecule has 4 heteroatoms. The van der Waals surface area contributed by atoms with E-state index in [1.807, 2.05) is 6.07 Å². The molecule has 1 saturated heterocycles. The Morgan fingerprint density at radius 2 is 2.00 bits per heavy atom. The van der Waals surface area contributed by atoms with Gasteiger partial charge in [0.2, 0.25) is 0 Å². The van der Waals surface area contributed by atoms with E-state index < -0.39 is 0 Å². The topological polar surface area (TPSA) is 52.9 Å². The van der Waals surface area contributed by atoms with Crippen LogP contribution in [0.25, 0.3) is 0 Å². The molecule has 1 N–H and O–H groups in total. The van der Waals surface area contributed by atoms with Gasteiger partial charge in [-0.1, -0.05) is 0 Å². The average molecular weight is 192 g/mol. The van der Waals surface area contributed by atoms with Gasteiger partial charge in [0.05, 0.1) is 0 Å². The lowest BCUT2D eigenvalue weighted by atomic mass is 10.2. The van der Waals surface area contributed by atoms with Crippen molar-refractivity contribution in [2.45, 2.75) is 12.8 Å². The molecule has 1 fully saturated rings. The Morgan fingerprint density at radius 1 is 1.29 bits per heavy atom. The summed E-state index contributed by atoms with van der Waals surface area (Å²) in [5.74, 6) is -0.0376. The number of nitrogens with zero attached hydrogens (tertiary/aromatic N) is 2. The van der Waals surface area contributed by atoms with Gasteiger partial charge < -0.3 is 10.0 Å². The number of phenols is 1. The lowest BCUT2D eigenvalue weighted by Crippen LogP contribution is -2.17. The minimum atomic E-state index is -0.0376. The second-order valence-corrected chi connectivity index (χ2v) is 3.46. The van der Waals surface area contributed by atoms with E-state index in [2.05, 4.69) is 10.1 Å². The number of benzene rings is 1. The van der Waals surface area contributed by atoms with E-state index in [9.17, 15) is 10.0 Å². The summed E-state index contributed by atoms with van der Waals surface area (Å²) in [6.45, 7) is 2.04. The number of aromatic hydroxyl groups is 1. The van der Waals surface area contributed by atoms with Crippen molar-refractivity contribution in [3.05, 3.63) is 23.1 Å². The van der Waals surface area contributed by atoms with E-state index in [4.69, 9.17) is 0 Å². The van der Waals surface area contributed by atoms with Gasteiger partial charge in [-0.3, -0.25) is 0 Å². The van der Waals surface area contributed by atoms with Gasteiger partial charge in [0, 0.05) is 24.8 Å². The monoisotopic (exact) mass is 192 g/mol. The molecule has 0 unspecified atom stereocenters. The number of nitroso groups, excluding NO2 is 1. The molecule has 74 valence electrons. The summed E-state index contributed by atoms with van der Waals surface area (Å²) >= 11 is 0. The lowest BCUT2D eigenvalue weighted by Gasteiger charge is -2.17. The fourth-order valence-corrected chi connectivity index (χ4v) is 1.76. The lowest BCUT2D eigenvalue weighted by molar-refractivity contribution is 0.477. The van der Waals surface area contributed by atoms with Gasteiger partial charge in [-0.05, 0) is 30.2 Å². The van der Waals surface area contributed by atoms with Crippen LogP contribution in [0.1, 0.15) is 12.8 Å². The summed E-state index contributed by atoms with van der Waals surface area (Å²) in [6.07, 6.45) is 2.38. The van der Waals surface area contributed by atoms with Gasteiger partial charge in [-0.25, -0.2) is 0 Å². The Morgan fingerprint density at radius 3 is 2.57 bits per heavy atom. The highest BCUT2D eigenvalue weighted by Gasteiger charge is 2.13. The van der Waals surface area contributed by atoms with Crippen molar-refractivity contribution in [2.24, 2.45) is 5.18 Å². The van der Waals surface area contributed by atoms with Crippen LogP contribution in [0.3, 0.4) is 0 Å². The smallest absolute Gasteiger partial charge is 0.149 e. The van der Waals surface area contributed by atoms with E-state index in [-0.39, 0.29) is 11.4 Å². The maximum absolute atomic E-state index is 10.2. The van der Waals surface area contributed by atoms with E-state index in [0.29, 0.717) is 0 Å². The molecular weight excluding hydrogens is 180 g/mol. The van der Waals surface area contributed by atoms with Gasteiger partial charge in [0.25, 0.3) is 0 Å². The molecule has 0 amide bonds. The molecular formula is C10H12N2O2. The van der Waals surface area contributed by atoms with Gasteiger partial charge in [0.15, 0.2) is 0 Å². The molecule has 4 nitrogen and oxygen atoms in total. The molecule has 0 aliphatic carbocycles. The number of phenolic OH excluding ortho intramolecular Hbond substituents is 1. The van der Waals surface area contributed by atoms with Crippen LogP contribution in [0, 0.1) is 4.91 Å². The minimum absolute atomic E-state index is 0.0376. The standard InChI is InChI=1S/C10H12N2O2/c13-10-7-8(3-4-9(10)11-14)12-5-1-2-6-12/h3-4,7,13H,1-2,5-6H2. The summed E-state index contributed by atoms with van der Waals surface area (Å²) < 4.78 is 0. The molecule has 0 aromatic heterocycles. The second-order valence-electron chi connectivity index (χ2n) is 3.46. The first-order valence-corrected chi connectivity index (χ1v) is 4.72. The molecule has 14 heavy (non-hydrogen) atoms. The number of hydrogen-bond donors (Lipinski definition) is 1. The second kappa shape index (κ2) is 3.65. The van der Waals surface area contributed by atoms with Crippen LogP contribution < -0.4 is 4.90 Å². The normalized spacial score (nSPS) is 15.9. The van der Waals surface area contributed by atoms with Crippen LogP contribution in [0.5, 0.6) is 5.75 Å². The van der Waals surface area contributed by atoms with E-state index in [1.165, 1.54) is 12.8 Å². The zero-order chi connectivity index (χ0) is 9.97. The first-order chi connectivity index (χ1) is 6.81. The predicted molar refractivity (Wildman–Crippen MR) is 55.0 cm³/mol. The molecule has 1 aromatic rings. The zero-order valence-electron chi connectivity index (χ0n) is 7.81. The van der Waals surface area contributed by atoms with E-state index in [1.54, 1.807) is 12.1 Å². The van der Waals surface area contributed by atoms with Crippen LogP contribution in [0.2, 0.25) is 0 Å². The van der Waals surface area contributed by atoms with Crippen molar-refractivity contribution in [1.29, 1.82) is 0 Å². The Labute approximate surface area is 82.1 Å². The highest BCUT2D eigenvalue weighted by molar-refractivity contribution is 5.61. The first kappa shape index (κ1) is 8.99. The third-order valence-corrected chi connectivity index (χ3v) is 2.53. The van der Waals surface area contributed by atoms with Crippen molar-refractivity contribution in [2.75, 3.05) is 18.0 Å². The molecule has 0 saturated carbocycles. The van der Waals surface area contributed by atoms with Crippen molar-refractivity contribution < 1.29 is 5.11 Å². The van der Waals surface area contributed by atoms with Crippen LogP contribution in [0.4, 0.5) is 11.4 Å². The largest absolute Gasteiger partial charge is 0.505 e. The van der Waals surface area contributed by atoms with Gasteiger partial charge >= 0.3 is 0 Å². The number of hydrogen-bond acceptors (Lipinski definition) is 4. The van der Waals surface area contributed by atoms with Gasteiger partial charge in [-0.2, -0.15) is 0 Å². The van der Waals surface area contributed by atoms with Crippen molar-refractivity contribution in [3.8, 4) is 5.75 Å². The Kier molecular flexibility index (Phi) is 2.35. The summed E-state index contributed by atoms with van der Waals surface area (Å²) in [6, 6.07) is 4.97. The predicted octanol–water partition coefficient (Wildman–Crippen LogP) is 2.39. The number of anilines is 1. The van der Waals surface area contributed by atoms with Gasteiger partial charge in [-0.15, -0.1) is 4.91 Å². The summed E-state index contributed by atoms with van der Waals surface area (Å²) in [5, 5.41) is 12.2. The molecule has 1 aromatic carbocycles. The first-order valence-electron chi connectivity index (χ1n) is 4.72. The minimum Gasteiger partial charge on any atom is -0.505 e. The fraction of sp³-hybridized carbons (Fsp3) is 0.400. The highest BCUT2D eigenvalue weighted by Crippen LogP contribution is 2.31. The van der Waals surface area contributed by atoms with E-state index >= 15 is 0 Å². The third-order valence-electron chi connectivity index (χ3n) is 2.53. The zero-order valence-corrected chi connectivity index (χ0v) is 7.81. The quantitative estimate of drug-likeness (QED) is 0.732. The van der Waals surface area contributed by atoms with Crippen LogP contribution in [-0.4, -0.2) is 18.2 Å². The van der Waals surface area contributed by atoms with Gasteiger partial charge in [0.1, 0.15) is 11.4 Å². The summed E-state index contributed by atoms with van der Waals surface area (Å²) in [7, 11) is 0. The van der Waals surface area contributed by atoms with Crippen molar-refractivity contribution in [3.63, 3.8) is 0 Å². The Balaban J connectivity index is 2.27. The molecule has 0 atom stereocenters. The SMILES string of the molecule is O=Nc1ccc(N2CCCC2)cc1O. The Hall–Kier alpha value is -1.58. The number of rotatable bonds is 2. The summed E-state index contributed by atoms with van der Waals surface area (Å²) in [5.41, 5.74) is 1.07. The molecule has 1 heterocycles. The molecule has 0 bridgehead atoms. The molecule has 1 aliphatic rings. The molecule has 2 rings (SSSR count). The van der Waals surface area contributed by atoms with Crippen LogP contribution in [0.15, 0.2) is 23.4 Å². The van der Waals surface area contributed by atoms with Crippen LogP contribution in [-0.2, 0) is 0 Å². The average Bonchev–Trinajstić information content (AvgIpc) is 2.70.